The number of hydrogen-bond donors (Lipinski definition) is 2. The van der Waals surface area contributed by atoms with Gasteiger partial charge in [-0.25, -0.2) is 9.37 Å². The van der Waals surface area contributed by atoms with Crippen molar-refractivity contribution in [2.24, 2.45) is 4.99 Å². The van der Waals surface area contributed by atoms with Crippen LogP contribution in [0.4, 0.5) is 4.39 Å². The van der Waals surface area contributed by atoms with Crippen LogP contribution in [0, 0.1) is 5.82 Å². The largest absolute Gasteiger partial charge is 0.493 e. The van der Waals surface area contributed by atoms with Gasteiger partial charge in [0.05, 0.1) is 25.7 Å². The number of benzene rings is 2. The molecule has 1 heterocycles. The number of rotatable bonds is 10. The molecule has 0 spiro atoms. The average molecular weight is 440 g/mol. The Hall–Kier alpha value is -3.55. The number of nitrogens with one attached hydrogen (secondary N) is 2. The number of hydrogen-bond acceptors (Lipinski definition) is 4. The summed E-state index contributed by atoms with van der Waals surface area (Å²) in [5.41, 5.74) is 2.49. The molecule has 0 aliphatic carbocycles. The third kappa shape index (κ3) is 6.23. The summed E-state index contributed by atoms with van der Waals surface area (Å²) in [5.74, 6) is 1.89. The Morgan fingerprint density at radius 3 is 2.66 bits per heavy atom. The summed E-state index contributed by atoms with van der Waals surface area (Å²) in [6, 6.07) is 11.2. The van der Waals surface area contributed by atoms with Crippen LogP contribution in [0.5, 0.6) is 11.5 Å². The number of guanidine groups is 1. The first-order chi connectivity index (χ1) is 15.6. The van der Waals surface area contributed by atoms with Gasteiger partial charge in [0, 0.05) is 32.5 Å². The fourth-order valence-electron chi connectivity index (χ4n) is 3.32. The van der Waals surface area contributed by atoms with E-state index in [-0.39, 0.29) is 5.82 Å². The molecule has 170 valence electrons. The van der Waals surface area contributed by atoms with E-state index in [2.05, 4.69) is 26.7 Å². The number of imidazole rings is 1. The fraction of sp³-hybridized carbons (Fsp3) is 0.333. The quantitative estimate of drug-likeness (QED) is 0.286. The van der Waals surface area contributed by atoms with Crippen LogP contribution < -0.4 is 20.1 Å². The lowest BCUT2D eigenvalue weighted by Gasteiger charge is -2.13. The van der Waals surface area contributed by atoms with Gasteiger partial charge in [0.2, 0.25) is 0 Å². The minimum atomic E-state index is -0.295. The molecule has 0 radical (unpaired) electrons. The lowest BCUT2D eigenvalue weighted by atomic mass is 10.1. The van der Waals surface area contributed by atoms with Crippen LogP contribution in [0.15, 0.2) is 60.1 Å². The molecule has 8 heteroatoms. The predicted octanol–water partition coefficient (Wildman–Crippen LogP) is 3.72. The maximum atomic E-state index is 14.4. The molecular formula is C24H30FN5O2. The summed E-state index contributed by atoms with van der Waals surface area (Å²) in [6.45, 7) is 3.78. The number of methoxy groups -OCH3 is 1. The molecule has 0 bridgehead atoms. The molecule has 7 nitrogen and oxygen atoms in total. The highest BCUT2D eigenvalue weighted by Gasteiger charge is 2.07. The summed E-state index contributed by atoms with van der Waals surface area (Å²) < 4.78 is 27.0. The minimum absolute atomic E-state index is 0.295. The van der Waals surface area contributed by atoms with Gasteiger partial charge in [-0.05, 0) is 55.2 Å². The van der Waals surface area contributed by atoms with Crippen molar-refractivity contribution in [3.05, 3.63) is 72.1 Å². The monoisotopic (exact) mass is 439 g/mol. The highest BCUT2D eigenvalue weighted by molar-refractivity contribution is 5.79. The molecule has 1 aromatic heterocycles. The molecule has 0 unspecified atom stereocenters. The van der Waals surface area contributed by atoms with Gasteiger partial charge in [-0.1, -0.05) is 12.1 Å². The van der Waals surface area contributed by atoms with E-state index in [0.717, 1.165) is 36.4 Å². The van der Waals surface area contributed by atoms with Crippen molar-refractivity contribution in [2.45, 2.75) is 26.3 Å². The average Bonchev–Trinajstić information content (AvgIpc) is 3.34. The summed E-state index contributed by atoms with van der Waals surface area (Å²) >= 11 is 0. The Bertz CT molecular complexity index is 1020. The maximum absolute atomic E-state index is 14.4. The van der Waals surface area contributed by atoms with Crippen LogP contribution >= 0.6 is 0 Å². The zero-order valence-corrected chi connectivity index (χ0v) is 18.8. The van der Waals surface area contributed by atoms with E-state index in [1.807, 2.05) is 25.1 Å². The first-order valence-corrected chi connectivity index (χ1v) is 10.7. The summed E-state index contributed by atoms with van der Waals surface area (Å²) in [4.78, 5) is 8.20. The third-order valence-electron chi connectivity index (χ3n) is 4.94. The third-order valence-corrected chi connectivity index (χ3v) is 4.94. The van der Waals surface area contributed by atoms with E-state index in [1.165, 1.54) is 11.6 Å². The van der Waals surface area contributed by atoms with Crippen LogP contribution in [-0.2, 0) is 13.0 Å². The molecule has 2 aromatic carbocycles. The standard InChI is InChI=1S/C24H30FN5O2/c1-4-32-23-15-18(8-10-22(23)31-3)6-5-11-28-24(26-2)29-16-19-7-9-21(20(25)14-19)30-13-12-27-17-30/h7-10,12-15,17H,4-6,11,16H2,1-3H3,(H2,26,28,29). The van der Waals surface area contributed by atoms with Crippen LogP contribution in [0.3, 0.4) is 0 Å². The van der Waals surface area contributed by atoms with Gasteiger partial charge < -0.3 is 24.7 Å². The number of aromatic nitrogens is 2. The number of aliphatic imine (C=N–C) groups is 1. The predicted molar refractivity (Wildman–Crippen MR) is 124 cm³/mol. The summed E-state index contributed by atoms with van der Waals surface area (Å²) in [6.07, 6.45) is 6.73. The second-order valence-corrected chi connectivity index (χ2v) is 7.13. The van der Waals surface area contributed by atoms with Crippen molar-refractivity contribution in [2.75, 3.05) is 27.3 Å². The van der Waals surface area contributed by atoms with Crippen LogP contribution in [0.1, 0.15) is 24.5 Å². The van der Waals surface area contributed by atoms with Crippen LogP contribution in [0.2, 0.25) is 0 Å². The summed E-state index contributed by atoms with van der Waals surface area (Å²) in [7, 11) is 3.36. The number of aryl methyl sites for hydroxylation is 1. The van der Waals surface area contributed by atoms with E-state index in [1.54, 1.807) is 43.5 Å². The second kappa shape index (κ2) is 11.7. The van der Waals surface area contributed by atoms with Gasteiger partial charge in [0.15, 0.2) is 17.5 Å². The van der Waals surface area contributed by atoms with Gasteiger partial charge in [-0.15, -0.1) is 0 Å². The zero-order chi connectivity index (χ0) is 22.8. The Balaban J connectivity index is 1.45. The van der Waals surface area contributed by atoms with Crippen LogP contribution in [-0.4, -0.2) is 42.8 Å². The number of ether oxygens (including phenoxy) is 2. The molecule has 0 amide bonds. The molecule has 3 aromatic rings. The smallest absolute Gasteiger partial charge is 0.191 e. The van der Waals surface area contributed by atoms with Gasteiger partial charge in [-0.2, -0.15) is 0 Å². The van der Waals surface area contributed by atoms with E-state index in [4.69, 9.17) is 9.47 Å². The normalized spacial score (nSPS) is 11.3. The molecular weight excluding hydrogens is 409 g/mol. The molecule has 0 aliphatic heterocycles. The van der Waals surface area contributed by atoms with Crippen molar-refractivity contribution in [1.29, 1.82) is 0 Å². The molecule has 0 saturated heterocycles. The topological polar surface area (TPSA) is 72.7 Å². The molecule has 3 rings (SSSR count). The maximum Gasteiger partial charge on any atom is 0.191 e. The molecule has 0 aliphatic rings. The SMILES string of the molecule is CCOc1cc(CCCNC(=NC)NCc2ccc(-n3ccnc3)c(F)c2)ccc1OC. The molecule has 32 heavy (non-hydrogen) atoms. The lowest BCUT2D eigenvalue weighted by molar-refractivity contribution is 0.310. The van der Waals surface area contributed by atoms with Crippen molar-refractivity contribution < 1.29 is 13.9 Å². The van der Waals surface area contributed by atoms with E-state index in [9.17, 15) is 4.39 Å². The summed E-state index contributed by atoms with van der Waals surface area (Å²) in [5, 5.41) is 6.52. The highest BCUT2D eigenvalue weighted by Crippen LogP contribution is 2.28. The van der Waals surface area contributed by atoms with Gasteiger partial charge in [0.1, 0.15) is 5.82 Å². The Morgan fingerprint density at radius 2 is 1.97 bits per heavy atom. The highest BCUT2D eigenvalue weighted by atomic mass is 19.1. The van der Waals surface area contributed by atoms with Crippen molar-refractivity contribution in [1.82, 2.24) is 20.2 Å². The van der Waals surface area contributed by atoms with E-state index >= 15 is 0 Å². The van der Waals surface area contributed by atoms with Crippen molar-refractivity contribution in [3.63, 3.8) is 0 Å². The van der Waals surface area contributed by atoms with Crippen molar-refractivity contribution in [3.8, 4) is 17.2 Å². The van der Waals surface area contributed by atoms with Gasteiger partial charge in [-0.3, -0.25) is 4.99 Å². The number of nitrogens with zero attached hydrogens (tertiary/aromatic N) is 3. The molecule has 0 saturated carbocycles. The zero-order valence-electron chi connectivity index (χ0n) is 18.8. The first kappa shape index (κ1) is 23.1. The Kier molecular flexibility index (Phi) is 8.48. The Morgan fingerprint density at radius 1 is 1.12 bits per heavy atom. The molecule has 2 N–H and O–H groups in total. The molecule has 0 fully saturated rings. The van der Waals surface area contributed by atoms with Gasteiger partial charge >= 0.3 is 0 Å². The Labute approximate surface area is 188 Å². The van der Waals surface area contributed by atoms with Crippen LogP contribution in [0.25, 0.3) is 5.69 Å². The minimum Gasteiger partial charge on any atom is -0.493 e. The van der Waals surface area contributed by atoms with E-state index < -0.39 is 0 Å². The van der Waals surface area contributed by atoms with Crippen molar-refractivity contribution >= 4 is 5.96 Å². The number of halogens is 1. The lowest BCUT2D eigenvalue weighted by Crippen LogP contribution is -2.37. The van der Waals surface area contributed by atoms with Gasteiger partial charge in [0.25, 0.3) is 0 Å². The molecule has 0 atom stereocenters. The second-order valence-electron chi connectivity index (χ2n) is 7.13. The first-order valence-electron chi connectivity index (χ1n) is 10.7. The fourth-order valence-corrected chi connectivity index (χ4v) is 3.32. The van der Waals surface area contributed by atoms with E-state index in [0.29, 0.717) is 24.8 Å².